The first-order valence-electron chi connectivity index (χ1n) is 11.7. The van der Waals surface area contributed by atoms with Crippen molar-refractivity contribution in [2.75, 3.05) is 38.5 Å². The first-order valence-corrected chi connectivity index (χ1v) is 11.7. The molecule has 0 saturated carbocycles. The van der Waals surface area contributed by atoms with E-state index in [2.05, 4.69) is 25.5 Å². The third-order valence-corrected chi connectivity index (χ3v) is 6.61. The number of likely N-dealkylation sites (tertiary alicyclic amines) is 2. The molecule has 0 radical (unpaired) electrons. The monoisotopic (exact) mass is 463 g/mol. The summed E-state index contributed by atoms with van der Waals surface area (Å²) in [4.78, 5) is 37.6. The van der Waals surface area contributed by atoms with E-state index in [1.165, 1.54) is 36.8 Å². The fourth-order valence-electron chi connectivity index (χ4n) is 4.78. The fourth-order valence-corrected chi connectivity index (χ4v) is 4.78. The lowest BCUT2D eigenvalue weighted by molar-refractivity contribution is 0.140. The molecular formula is C24H29N7O3. The molecule has 34 heavy (non-hydrogen) atoms. The summed E-state index contributed by atoms with van der Waals surface area (Å²) in [6.45, 7) is 3.86. The molecule has 0 unspecified atom stereocenters. The van der Waals surface area contributed by atoms with Gasteiger partial charge in [0.1, 0.15) is 17.9 Å². The first kappa shape index (κ1) is 22.1. The van der Waals surface area contributed by atoms with Gasteiger partial charge in [0.15, 0.2) is 0 Å². The first-order chi connectivity index (χ1) is 16.6. The van der Waals surface area contributed by atoms with Crippen LogP contribution in [0.4, 0.5) is 15.4 Å². The van der Waals surface area contributed by atoms with Crippen molar-refractivity contribution in [2.24, 2.45) is 0 Å². The Morgan fingerprint density at radius 1 is 1.00 bits per heavy atom. The highest BCUT2D eigenvalue weighted by Gasteiger charge is 2.28. The second kappa shape index (κ2) is 9.68. The summed E-state index contributed by atoms with van der Waals surface area (Å²) < 4.78 is 7.41. The van der Waals surface area contributed by atoms with Gasteiger partial charge >= 0.3 is 12.1 Å². The van der Waals surface area contributed by atoms with Crippen LogP contribution in [0.2, 0.25) is 0 Å². The van der Waals surface area contributed by atoms with Crippen LogP contribution in [0, 0.1) is 0 Å². The number of carbonyl (C=O) groups excluding carboxylic acids is 2. The Morgan fingerprint density at radius 3 is 2.56 bits per heavy atom. The maximum absolute atomic E-state index is 12.8. The van der Waals surface area contributed by atoms with Gasteiger partial charge in [0.25, 0.3) is 0 Å². The average Bonchev–Trinajstić information content (AvgIpc) is 3.54. The van der Waals surface area contributed by atoms with Crippen molar-refractivity contribution in [1.82, 2.24) is 29.7 Å². The van der Waals surface area contributed by atoms with E-state index in [-0.39, 0.29) is 12.1 Å². The molecule has 0 spiro atoms. The van der Waals surface area contributed by atoms with Crippen LogP contribution in [0.1, 0.15) is 25.7 Å². The Hall–Kier alpha value is -3.66. The summed E-state index contributed by atoms with van der Waals surface area (Å²) >= 11 is 0. The quantitative estimate of drug-likeness (QED) is 0.614. The highest BCUT2D eigenvalue weighted by molar-refractivity contribution is 5.92. The second-order valence-corrected chi connectivity index (χ2v) is 8.70. The van der Waals surface area contributed by atoms with E-state index in [1.54, 1.807) is 31.4 Å². The number of piperidine rings is 1. The number of rotatable bonds is 4. The lowest BCUT2D eigenvalue weighted by atomic mass is 10.0. The summed E-state index contributed by atoms with van der Waals surface area (Å²) in [5.74, 6) is 1.21. The van der Waals surface area contributed by atoms with Crippen molar-refractivity contribution < 1.29 is 14.3 Å². The van der Waals surface area contributed by atoms with Gasteiger partial charge in [0.2, 0.25) is 5.88 Å². The van der Waals surface area contributed by atoms with Gasteiger partial charge in [-0.3, -0.25) is 9.88 Å². The molecule has 0 atom stereocenters. The molecule has 1 aromatic carbocycles. The molecule has 0 bridgehead atoms. The van der Waals surface area contributed by atoms with Gasteiger partial charge in [0.05, 0.1) is 5.52 Å². The predicted molar refractivity (Wildman–Crippen MR) is 128 cm³/mol. The number of carbonyl (C=O) groups is 2. The summed E-state index contributed by atoms with van der Waals surface area (Å²) in [7, 11) is 1.58. The molecular weight excluding hydrogens is 434 g/mol. The maximum Gasteiger partial charge on any atom is 0.325 e. The van der Waals surface area contributed by atoms with E-state index in [1.807, 2.05) is 17.0 Å². The highest BCUT2D eigenvalue weighted by atomic mass is 16.5. The summed E-state index contributed by atoms with van der Waals surface area (Å²) in [5.41, 5.74) is 0.719. The molecule has 4 heterocycles. The average molecular weight is 464 g/mol. The van der Waals surface area contributed by atoms with Gasteiger partial charge in [-0.2, -0.15) is 0 Å². The van der Waals surface area contributed by atoms with Crippen LogP contribution in [0.25, 0.3) is 10.9 Å². The number of fused-ring (bicyclic) bond motifs is 1. The Balaban J connectivity index is 1.22. The fraction of sp³-hybridized carbons (Fsp3) is 0.417. The van der Waals surface area contributed by atoms with Crippen LogP contribution >= 0.6 is 0 Å². The predicted octanol–water partition coefficient (Wildman–Crippen LogP) is 3.50. The normalized spacial score (nSPS) is 17.1. The minimum absolute atomic E-state index is 0.158. The van der Waals surface area contributed by atoms with Crippen LogP contribution in [0.3, 0.4) is 0 Å². The Kier molecular flexibility index (Phi) is 6.31. The molecule has 2 saturated heterocycles. The Morgan fingerprint density at radius 2 is 1.79 bits per heavy atom. The van der Waals surface area contributed by atoms with Crippen LogP contribution in [-0.2, 0) is 0 Å². The van der Waals surface area contributed by atoms with E-state index in [4.69, 9.17) is 4.74 Å². The number of hydrogen-bond acceptors (Lipinski definition) is 6. The molecule has 178 valence electrons. The molecule has 0 aliphatic carbocycles. The Bertz CT molecular complexity index is 1180. The van der Waals surface area contributed by atoms with Crippen molar-refractivity contribution >= 4 is 28.8 Å². The van der Waals surface area contributed by atoms with Crippen LogP contribution in [0.15, 0.2) is 42.9 Å². The van der Waals surface area contributed by atoms with Crippen molar-refractivity contribution in [1.29, 1.82) is 0 Å². The number of aromatic nitrogens is 3. The highest BCUT2D eigenvalue weighted by Crippen LogP contribution is 2.26. The summed E-state index contributed by atoms with van der Waals surface area (Å²) in [6.07, 6.45) is 7.65. The molecule has 2 fully saturated rings. The summed E-state index contributed by atoms with van der Waals surface area (Å²) in [6, 6.07) is 9.11. The van der Waals surface area contributed by atoms with E-state index >= 15 is 0 Å². The second-order valence-electron chi connectivity index (χ2n) is 8.70. The van der Waals surface area contributed by atoms with Crippen LogP contribution < -0.4 is 15.4 Å². The lowest BCUT2D eigenvalue weighted by Gasteiger charge is -2.36. The lowest BCUT2D eigenvalue weighted by Crippen LogP contribution is -2.47. The number of ether oxygens (including phenoxy) is 1. The zero-order valence-electron chi connectivity index (χ0n) is 19.2. The SMILES string of the molecule is CNC(=O)n1ccc2ccc(Oc3cc(NC(=O)N4CCC(N5CCCC5)CC4)ncn3)cc21. The third kappa shape index (κ3) is 4.67. The van der Waals surface area contributed by atoms with E-state index < -0.39 is 0 Å². The van der Waals surface area contributed by atoms with Crippen molar-refractivity contribution in [2.45, 2.75) is 31.7 Å². The minimum atomic E-state index is -0.233. The number of nitrogens with zero attached hydrogens (tertiary/aromatic N) is 5. The molecule has 3 amide bonds. The molecule has 3 aromatic rings. The van der Waals surface area contributed by atoms with E-state index in [0.29, 0.717) is 23.5 Å². The van der Waals surface area contributed by atoms with Gasteiger partial charge in [-0.05, 0) is 57.0 Å². The molecule has 10 nitrogen and oxygen atoms in total. The third-order valence-electron chi connectivity index (χ3n) is 6.61. The number of benzene rings is 1. The van der Waals surface area contributed by atoms with Gasteiger partial charge < -0.3 is 19.9 Å². The van der Waals surface area contributed by atoms with Crippen molar-refractivity contribution in [3.05, 3.63) is 42.9 Å². The maximum atomic E-state index is 12.8. The summed E-state index contributed by atoms with van der Waals surface area (Å²) in [5, 5.41) is 6.40. The van der Waals surface area contributed by atoms with Crippen molar-refractivity contribution in [3.8, 4) is 11.6 Å². The molecule has 2 aliphatic rings. The zero-order valence-corrected chi connectivity index (χ0v) is 19.2. The number of urea groups is 1. The number of amides is 3. The number of hydrogen-bond donors (Lipinski definition) is 2. The van der Waals surface area contributed by atoms with E-state index in [9.17, 15) is 9.59 Å². The molecule has 2 N–H and O–H groups in total. The van der Waals surface area contributed by atoms with Gasteiger partial charge in [-0.1, -0.05) is 0 Å². The molecule has 2 aliphatic heterocycles. The topological polar surface area (TPSA) is 105 Å². The van der Waals surface area contributed by atoms with Gasteiger partial charge in [-0.15, -0.1) is 0 Å². The minimum Gasteiger partial charge on any atom is -0.439 e. The standard InChI is InChI=1S/C24H29N7O3/c1-25-23(32)31-13-6-17-4-5-19(14-20(17)31)34-22-15-21(26-16-27-22)28-24(33)30-11-7-18(8-12-30)29-9-2-3-10-29/h4-6,13-16,18H,2-3,7-12H2,1H3,(H,25,32)(H,26,27,28,33). The van der Waals surface area contributed by atoms with Crippen LogP contribution in [0.5, 0.6) is 11.6 Å². The molecule has 10 heteroatoms. The Labute approximate surface area is 197 Å². The van der Waals surface area contributed by atoms with Gasteiger partial charge in [-0.25, -0.2) is 19.6 Å². The van der Waals surface area contributed by atoms with Gasteiger partial charge in [0, 0.05) is 49.9 Å². The molecule has 2 aromatic heterocycles. The number of nitrogens with one attached hydrogen (secondary N) is 2. The smallest absolute Gasteiger partial charge is 0.325 e. The van der Waals surface area contributed by atoms with Crippen molar-refractivity contribution in [3.63, 3.8) is 0 Å². The van der Waals surface area contributed by atoms with E-state index in [0.717, 1.165) is 36.8 Å². The van der Waals surface area contributed by atoms with Crippen LogP contribution in [-0.4, -0.2) is 75.7 Å². The largest absolute Gasteiger partial charge is 0.439 e. The zero-order chi connectivity index (χ0) is 23.5. The molecule has 5 rings (SSSR count). The number of anilines is 1.